The summed E-state index contributed by atoms with van der Waals surface area (Å²) in [5.74, 6) is 2.93. The maximum atomic E-state index is 7.01. The summed E-state index contributed by atoms with van der Waals surface area (Å²) in [7, 11) is 0. The van der Waals surface area contributed by atoms with E-state index in [2.05, 4.69) is 144 Å². The molecule has 0 saturated carbocycles. The lowest BCUT2D eigenvalue weighted by Crippen LogP contribution is -2.29. The molecule has 0 radical (unpaired) electrons. The molecule has 2 aliphatic rings. The Morgan fingerprint density at radius 3 is 2.40 bits per heavy atom. The van der Waals surface area contributed by atoms with E-state index >= 15 is 0 Å². The van der Waals surface area contributed by atoms with Gasteiger partial charge in [0, 0.05) is 27.3 Å². The molecule has 1 unspecified atom stereocenters. The third-order valence-electron chi connectivity index (χ3n) is 10.0. The molecule has 0 aromatic heterocycles. The Kier molecular flexibility index (Phi) is 10.5. The van der Waals surface area contributed by atoms with Crippen molar-refractivity contribution in [3.05, 3.63) is 147 Å². The summed E-state index contributed by atoms with van der Waals surface area (Å²) in [5, 5.41) is 5.74. The fourth-order valence-electron chi connectivity index (χ4n) is 7.25. The second kappa shape index (κ2) is 14.4. The Morgan fingerprint density at radius 1 is 0.979 bits per heavy atom. The van der Waals surface area contributed by atoms with Crippen LogP contribution in [0.1, 0.15) is 90.5 Å². The van der Waals surface area contributed by atoms with Gasteiger partial charge in [-0.1, -0.05) is 150 Å². The fourth-order valence-corrected chi connectivity index (χ4v) is 8.10. The van der Waals surface area contributed by atoms with E-state index in [1.807, 2.05) is 25.2 Å². The number of rotatable bonds is 9. The van der Waals surface area contributed by atoms with Crippen molar-refractivity contribution in [2.75, 3.05) is 5.32 Å². The first-order valence-corrected chi connectivity index (χ1v) is 18.0. The van der Waals surface area contributed by atoms with E-state index in [4.69, 9.17) is 12.2 Å². The van der Waals surface area contributed by atoms with Crippen LogP contribution >= 0.6 is 11.8 Å². The summed E-state index contributed by atoms with van der Waals surface area (Å²) in [6, 6.07) is 22.1. The van der Waals surface area contributed by atoms with Crippen LogP contribution in [0, 0.1) is 18.3 Å². The lowest BCUT2D eigenvalue weighted by molar-refractivity contribution is 0.560. The minimum absolute atomic E-state index is 0.0925. The van der Waals surface area contributed by atoms with Gasteiger partial charge in [-0.15, -0.1) is 6.42 Å². The zero-order valence-electron chi connectivity index (χ0n) is 29.9. The van der Waals surface area contributed by atoms with Crippen molar-refractivity contribution in [2.45, 2.75) is 84.0 Å². The molecule has 0 amide bonds. The first-order valence-electron chi connectivity index (χ1n) is 17.1. The second-order valence-corrected chi connectivity index (χ2v) is 15.0. The number of terminal acetylenes is 1. The molecule has 0 aliphatic heterocycles. The SMILES string of the molecule is C#C/C(=C\C=C/C)Nc1cc2c(cc1S\C=C/C(C)=C\C1=C\c3ccccc3C(C)(C)/C(CCC)=C(\N)C1C)C(C)(C)c1ccccc1-2. The van der Waals surface area contributed by atoms with Gasteiger partial charge in [0.15, 0.2) is 0 Å². The van der Waals surface area contributed by atoms with E-state index in [-0.39, 0.29) is 16.7 Å². The predicted octanol–water partition coefficient (Wildman–Crippen LogP) is 12.1. The van der Waals surface area contributed by atoms with E-state index in [1.54, 1.807) is 11.8 Å². The molecule has 3 heteroatoms. The van der Waals surface area contributed by atoms with Crippen LogP contribution in [0.25, 0.3) is 17.2 Å². The Morgan fingerprint density at radius 2 is 1.69 bits per heavy atom. The molecule has 5 rings (SSSR count). The highest BCUT2D eigenvalue weighted by Crippen LogP contribution is 2.51. The highest BCUT2D eigenvalue weighted by molar-refractivity contribution is 8.02. The highest BCUT2D eigenvalue weighted by atomic mass is 32.2. The van der Waals surface area contributed by atoms with Crippen LogP contribution in [0.4, 0.5) is 5.69 Å². The van der Waals surface area contributed by atoms with Gasteiger partial charge in [0.25, 0.3) is 0 Å². The molecule has 1 atom stereocenters. The van der Waals surface area contributed by atoms with Gasteiger partial charge in [-0.3, -0.25) is 0 Å². The van der Waals surface area contributed by atoms with Gasteiger partial charge >= 0.3 is 0 Å². The molecule has 0 heterocycles. The van der Waals surface area contributed by atoms with Crippen molar-refractivity contribution in [2.24, 2.45) is 11.7 Å². The number of benzene rings is 3. The summed E-state index contributed by atoms with van der Waals surface area (Å²) in [4.78, 5) is 1.13. The molecule has 246 valence electrons. The lowest BCUT2D eigenvalue weighted by atomic mass is 9.70. The van der Waals surface area contributed by atoms with Crippen molar-refractivity contribution in [1.82, 2.24) is 0 Å². The smallest absolute Gasteiger partial charge is 0.0894 e. The monoisotopic (exact) mass is 650 g/mol. The van der Waals surface area contributed by atoms with Crippen LogP contribution < -0.4 is 11.1 Å². The number of anilines is 1. The van der Waals surface area contributed by atoms with Crippen molar-refractivity contribution in [3.63, 3.8) is 0 Å². The number of nitrogens with one attached hydrogen (secondary N) is 1. The van der Waals surface area contributed by atoms with Gasteiger partial charge in [0.1, 0.15) is 0 Å². The largest absolute Gasteiger partial charge is 0.402 e. The van der Waals surface area contributed by atoms with Crippen LogP contribution in [-0.4, -0.2) is 0 Å². The molecule has 0 saturated heterocycles. The average molecular weight is 651 g/mol. The van der Waals surface area contributed by atoms with Crippen LogP contribution in [0.15, 0.2) is 129 Å². The fraction of sp³-hybridized carbons (Fsp3) is 0.289. The number of nitrogens with two attached hydrogens (primary N) is 1. The van der Waals surface area contributed by atoms with E-state index < -0.39 is 0 Å². The Hall–Kier alpha value is -4.39. The minimum Gasteiger partial charge on any atom is -0.402 e. The van der Waals surface area contributed by atoms with Gasteiger partial charge in [-0.2, -0.15) is 0 Å². The zero-order valence-corrected chi connectivity index (χ0v) is 30.7. The number of allylic oxidation sites excluding steroid dienone is 9. The van der Waals surface area contributed by atoms with E-state index in [0.717, 1.165) is 34.8 Å². The maximum Gasteiger partial charge on any atom is 0.0894 e. The number of hydrogen-bond acceptors (Lipinski definition) is 3. The van der Waals surface area contributed by atoms with Crippen LogP contribution in [0.2, 0.25) is 0 Å². The third-order valence-corrected chi connectivity index (χ3v) is 10.9. The van der Waals surface area contributed by atoms with Gasteiger partial charge in [-0.25, -0.2) is 0 Å². The molecular formula is C45H50N2S. The van der Waals surface area contributed by atoms with Crippen LogP contribution in [0.5, 0.6) is 0 Å². The Bertz CT molecular complexity index is 1930. The van der Waals surface area contributed by atoms with Crippen molar-refractivity contribution in [3.8, 4) is 23.5 Å². The first kappa shape index (κ1) is 34.9. The molecule has 2 aliphatic carbocycles. The minimum atomic E-state index is -0.124. The van der Waals surface area contributed by atoms with Gasteiger partial charge in [0.2, 0.25) is 0 Å². The predicted molar refractivity (Wildman–Crippen MR) is 211 cm³/mol. The first-order chi connectivity index (χ1) is 22.9. The van der Waals surface area contributed by atoms with Gasteiger partial charge < -0.3 is 11.1 Å². The molecule has 3 N–H and O–H groups in total. The van der Waals surface area contributed by atoms with Crippen molar-refractivity contribution < 1.29 is 0 Å². The standard InChI is InChI=1S/C45H50N2S/c1-10-13-20-34(12-3)47-41-28-36-35-21-15-17-23-38(35)45(8,9)40(36)29-42(41)48-25-24-30(4)26-33-27-32-19-14-16-22-37(32)44(6,7)39(18-11-2)43(46)31(33)5/h3,10,13-17,19-29,31,47H,11,18,46H2,1-2,4-9H3/b13-10-,25-24-,30-26-,33-27-,34-20+,43-39-. The lowest BCUT2D eigenvalue weighted by Gasteiger charge is -2.35. The van der Waals surface area contributed by atoms with Crippen LogP contribution in [0.3, 0.4) is 0 Å². The van der Waals surface area contributed by atoms with Gasteiger partial charge in [-0.05, 0) is 88.4 Å². The summed E-state index contributed by atoms with van der Waals surface area (Å²) < 4.78 is 0. The van der Waals surface area contributed by atoms with Crippen molar-refractivity contribution in [1.29, 1.82) is 0 Å². The van der Waals surface area contributed by atoms with E-state index in [0.29, 0.717) is 0 Å². The Labute approximate surface area is 293 Å². The number of fused-ring (bicyclic) bond motifs is 4. The zero-order chi connectivity index (χ0) is 34.6. The molecule has 0 spiro atoms. The van der Waals surface area contributed by atoms with Crippen LogP contribution in [-0.2, 0) is 10.8 Å². The van der Waals surface area contributed by atoms with E-state index in [9.17, 15) is 0 Å². The van der Waals surface area contributed by atoms with E-state index in [1.165, 1.54) is 50.1 Å². The molecular weight excluding hydrogens is 601 g/mol. The second-order valence-electron chi connectivity index (χ2n) is 14.0. The topological polar surface area (TPSA) is 38.0 Å². The highest BCUT2D eigenvalue weighted by Gasteiger charge is 2.36. The normalized spacial score (nSPS) is 21.1. The summed E-state index contributed by atoms with van der Waals surface area (Å²) in [6.45, 7) is 17.9. The molecule has 3 aromatic carbocycles. The summed E-state index contributed by atoms with van der Waals surface area (Å²) >= 11 is 1.71. The molecule has 48 heavy (non-hydrogen) atoms. The summed E-state index contributed by atoms with van der Waals surface area (Å²) in [6.07, 6.45) is 20.7. The number of thioether (sulfide) groups is 1. The molecule has 0 bridgehead atoms. The van der Waals surface area contributed by atoms with Crippen molar-refractivity contribution >= 4 is 23.5 Å². The quantitative estimate of drug-likeness (QED) is 0.137. The molecule has 0 fully saturated rings. The Balaban J connectivity index is 1.52. The molecule has 2 nitrogen and oxygen atoms in total. The maximum absolute atomic E-state index is 7.01. The summed E-state index contributed by atoms with van der Waals surface area (Å²) in [5.41, 5.74) is 21.1. The third kappa shape index (κ3) is 6.78. The number of hydrogen-bond donors (Lipinski definition) is 2. The average Bonchev–Trinajstić information content (AvgIpc) is 3.29. The molecule has 3 aromatic rings. The van der Waals surface area contributed by atoms with Gasteiger partial charge in [0.05, 0.1) is 11.4 Å².